The lowest BCUT2D eigenvalue weighted by molar-refractivity contribution is -0.150. The van der Waals surface area contributed by atoms with E-state index in [0.29, 0.717) is 6.42 Å². The number of carbonyl (C=O) groups is 1. The van der Waals surface area contributed by atoms with Crippen molar-refractivity contribution in [3.8, 4) is 0 Å². The van der Waals surface area contributed by atoms with E-state index in [1.165, 1.54) is 51.4 Å². The van der Waals surface area contributed by atoms with Crippen LogP contribution in [0.4, 0.5) is 0 Å². The Labute approximate surface area is 125 Å². The minimum Gasteiger partial charge on any atom is -0.462 e. The Morgan fingerprint density at radius 3 is 2.35 bits per heavy atom. The standard InChI is InChI=1S/C18H34O2/c1-3-11-17-14-10-13-16(2)12-8-6-4-5-7-9-15-18(19)20-17/h16-17H,3-15H2,1-2H3. The molecule has 0 aromatic rings. The molecule has 0 spiro atoms. The maximum absolute atomic E-state index is 11.8. The molecule has 2 nitrogen and oxygen atoms in total. The molecule has 0 bridgehead atoms. The van der Waals surface area contributed by atoms with Gasteiger partial charge in [-0.05, 0) is 31.6 Å². The second-order valence-corrected chi connectivity index (χ2v) is 6.60. The summed E-state index contributed by atoms with van der Waals surface area (Å²) in [6.45, 7) is 4.55. The van der Waals surface area contributed by atoms with Gasteiger partial charge in [-0.3, -0.25) is 4.79 Å². The van der Waals surface area contributed by atoms with E-state index in [-0.39, 0.29) is 12.1 Å². The fourth-order valence-corrected chi connectivity index (χ4v) is 3.14. The predicted octanol–water partition coefficient (Wildman–Crippen LogP) is 5.64. The lowest BCUT2D eigenvalue weighted by atomic mass is 9.95. The molecule has 20 heavy (non-hydrogen) atoms. The maximum atomic E-state index is 11.8. The zero-order valence-electron chi connectivity index (χ0n) is 13.7. The monoisotopic (exact) mass is 282 g/mol. The van der Waals surface area contributed by atoms with Gasteiger partial charge in [0, 0.05) is 6.42 Å². The van der Waals surface area contributed by atoms with Crippen LogP contribution in [-0.4, -0.2) is 12.1 Å². The summed E-state index contributed by atoms with van der Waals surface area (Å²) in [4.78, 5) is 11.8. The lowest BCUT2D eigenvalue weighted by Crippen LogP contribution is -2.18. The van der Waals surface area contributed by atoms with Crippen molar-refractivity contribution >= 4 is 5.97 Å². The first kappa shape index (κ1) is 17.5. The topological polar surface area (TPSA) is 26.3 Å². The van der Waals surface area contributed by atoms with Crippen LogP contribution in [0.1, 0.15) is 97.3 Å². The molecule has 0 aromatic heterocycles. The minimum absolute atomic E-state index is 0.0337. The third kappa shape index (κ3) is 8.60. The summed E-state index contributed by atoms with van der Waals surface area (Å²) in [5.41, 5.74) is 0. The third-order valence-corrected chi connectivity index (χ3v) is 4.46. The predicted molar refractivity (Wildman–Crippen MR) is 84.7 cm³/mol. The van der Waals surface area contributed by atoms with Crippen LogP contribution in [0.15, 0.2) is 0 Å². The van der Waals surface area contributed by atoms with Gasteiger partial charge >= 0.3 is 5.97 Å². The van der Waals surface area contributed by atoms with Crippen molar-refractivity contribution in [1.29, 1.82) is 0 Å². The molecule has 0 aliphatic carbocycles. The highest BCUT2D eigenvalue weighted by atomic mass is 16.5. The van der Waals surface area contributed by atoms with Crippen molar-refractivity contribution in [2.24, 2.45) is 5.92 Å². The van der Waals surface area contributed by atoms with E-state index in [9.17, 15) is 4.79 Å². The van der Waals surface area contributed by atoms with E-state index in [2.05, 4.69) is 13.8 Å². The minimum atomic E-state index is 0.0337. The van der Waals surface area contributed by atoms with Gasteiger partial charge in [-0.15, -0.1) is 0 Å². The quantitative estimate of drug-likeness (QED) is 0.613. The normalized spacial score (nSPS) is 28.2. The smallest absolute Gasteiger partial charge is 0.306 e. The average molecular weight is 282 g/mol. The maximum Gasteiger partial charge on any atom is 0.306 e. The first-order valence-corrected chi connectivity index (χ1v) is 8.91. The van der Waals surface area contributed by atoms with Crippen molar-refractivity contribution in [3.05, 3.63) is 0 Å². The van der Waals surface area contributed by atoms with Gasteiger partial charge in [0.15, 0.2) is 0 Å². The molecule has 1 rings (SSSR count). The van der Waals surface area contributed by atoms with Crippen LogP contribution in [0.25, 0.3) is 0 Å². The fraction of sp³-hybridized carbons (Fsp3) is 0.944. The summed E-state index contributed by atoms with van der Waals surface area (Å²) in [6, 6.07) is 0. The summed E-state index contributed by atoms with van der Waals surface area (Å²) in [5, 5.41) is 0. The van der Waals surface area contributed by atoms with Crippen molar-refractivity contribution < 1.29 is 9.53 Å². The second-order valence-electron chi connectivity index (χ2n) is 6.60. The number of hydrogen-bond acceptors (Lipinski definition) is 2. The summed E-state index contributed by atoms with van der Waals surface area (Å²) in [6.07, 6.45) is 15.4. The van der Waals surface area contributed by atoms with E-state index < -0.39 is 0 Å². The summed E-state index contributed by atoms with van der Waals surface area (Å²) < 4.78 is 5.66. The van der Waals surface area contributed by atoms with Crippen molar-refractivity contribution in [3.63, 3.8) is 0 Å². The Morgan fingerprint density at radius 2 is 1.60 bits per heavy atom. The molecule has 0 radical (unpaired) electrons. The number of ether oxygens (including phenoxy) is 1. The Kier molecular flexibility index (Phi) is 9.78. The van der Waals surface area contributed by atoms with E-state index in [1.807, 2.05) is 0 Å². The Bertz CT molecular complexity index is 250. The van der Waals surface area contributed by atoms with E-state index >= 15 is 0 Å². The van der Waals surface area contributed by atoms with Crippen LogP contribution in [-0.2, 0) is 9.53 Å². The first-order chi connectivity index (χ1) is 9.72. The largest absolute Gasteiger partial charge is 0.462 e. The van der Waals surface area contributed by atoms with Crippen molar-refractivity contribution in [1.82, 2.24) is 0 Å². The first-order valence-electron chi connectivity index (χ1n) is 8.91. The molecule has 118 valence electrons. The van der Waals surface area contributed by atoms with E-state index in [1.54, 1.807) is 0 Å². The summed E-state index contributed by atoms with van der Waals surface area (Å²) in [5.74, 6) is 0.865. The van der Waals surface area contributed by atoms with Crippen LogP contribution in [0.2, 0.25) is 0 Å². The van der Waals surface area contributed by atoms with Crippen LogP contribution >= 0.6 is 0 Å². The zero-order valence-corrected chi connectivity index (χ0v) is 13.7. The van der Waals surface area contributed by atoms with Crippen molar-refractivity contribution in [2.45, 2.75) is 103 Å². The van der Waals surface area contributed by atoms with Gasteiger partial charge in [-0.25, -0.2) is 0 Å². The molecular formula is C18H34O2. The zero-order chi connectivity index (χ0) is 14.6. The Hall–Kier alpha value is -0.530. The van der Waals surface area contributed by atoms with Crippen LogP contribution in [0.3, 0.4) is 0 Å². The number of rotatable bonds is 2. The average Bonchev–Trinajstić information content (AvgIpc) is 2.41. The summed E-state index contributed by atoms with van der Waals surface area (Å²) in [7, 11) is 0. The molecule has 1 aliphatic heterocycles. The second kappa shape index (κ2) is 11.2. The SMILES string of the molecule is CCCC1CCCC(C)CCCCCCCCC(=O)O1. The molecule has 2 atom stereocenters. The highest BCUT2D eigenvalue weighted by Gasteiger charge is 2.14. The molecule has 0 N–H and O–H groups in total. The van der Waals surface area contributed by atoms with Gasteiger partial charge in [-0.1, -0.05) is 65.2 Å². The lowest BCUT2D eigenvalue weighted by Gasteiger charge is -2.18. The third-order valence-electron chi connectivity index (χ3n) is 4.46. The molecule has 2 unspecified atom stereocenters. The van der Waals surface area contributed by atoms with E-state index in [4.69, 9.17) is 4.74 Å². The van der Waals surface area contributed by atoms with Crippen LogP contribution in [0, 0.1) is 5.92 Å². The van der Waals surface area contributed by atoms with Crippen molar-refractivity contribution in [2.75, 3.05) is 0 Å². The summed E-state index contributed by atoms with van der Waals surface area (Å²) >= 11 is 0. The number of carbonyl (C=O) groups excluding carboxylic acids is 1. The van der Waals surface area contributed by atoms with Gasteiger partial charge < -0.3 is 4.74 Å². The molecule has 0 amide bonds. The number of esters is 1. The molecular weight excluding hydrogens is 248 g/mol. The highest BCUT2D eigenvalue weighted by Crippen LogP contribution is 2.20. The van der Waals surface area contributed by atoms with Gasteiger partial charge in [0.25, 0.3) is 0 Å². The molecule has 1 saturated heterocycles. The molecule has 1 heterocycles. The molecule has 0 aromatic carbocycles. The molecule has 0 saturated carbocycles. The van der Waals surface area contributed by atoms with Gasteiger partial charge in [0.1, 0.15) is 6.10 Å². The number of hydrogen-bond donors (Lipinski definition) is 0. The van der Waals surface area contributed by atoms with Crippen LogP contribution in [0.5, 0.6) is 0 Å². The molecule has 2 heteroatoms. The van der Waals surface area contributed by atoms with Crippen LogP contribution < -0.4 is 0 Å². The van der Waals surface area contributed by atoms with Gasteiger partial charge in [0.2, 0.25) is 0 Å². The molecule has 1 fully saturated rings. The van der Waals surface area contributed by atoms with Gasteiger partial charge in [-0.2, -0.15) is 0 Å². The highest BCUT2D eigenvalue weighted by molar-refractivity contribution is 5.69. The van der Waals surface area contributed by atoms with E-state index in [0.717, 1.165) is 31.6 Å². The Morgan fingerprint density at radius 1 is 0.950 bits per heavy atom. The van der Waals surface area contributed by atoms with Gasteiger partial charge in [0.05, 0.1) is 0 Å². The Balaban J connectivity index is 2.41. The molecule has 1 aliphatic rings. The number of cyclic esters (lactones) is 1. The fourth-order valence-electron chi connectivity index (χ4n) is 3.14.